The lowest BCUT2D eigenvalue weighted by molar-refractivity contribution is -0.135. The van der Waals surface area contributed by atoms with Crippen LogP contribution in [-0.4, -0.2) is 40.1 Å². The summed E-state index contributed by atoms with van der Waals surface area (Å²) >= 11 is 0.997. The molecule has 0 atom stereocenters. The average molecular weight is 461 g/mol. The van der Waals surface area contributed by atoms with E-state index < -0.39 is 11.9 Å². The molecule has 9 nitrogen and oxygen atoms in total. The number of nitrogens with zero attached hydrogens (tertiary/aromatic N) is 5. The predicted octanol–water partition coefficient (Wildman–Crippen LogP) is 3.39. The number of nitrogens with two attached hydrogens (primary N) is 1. The number of benzene rings is 2. The van der Waals surface area contributed by atoms with E-state index in [0.29, 0.717) is 5.69 Å². The van der Waals surface area contributed by atoms with Gasteiger partial charge in [-0.2, -0.15) is 9.98 Å². The second kappa shape index (κ2) is 9.21. The molecule has 2 N–H and O–H groups in total. The van der Waals surface area contributed by atoms with Crippen LogP contribution in [0.15, 0.2) is 69.5 Å². The third-order valence-corrected chi connectivity index (χ3v) is 5.69. The van der Waals surface area contributed by atoms with E-state index in [1.54, 1.807) is 24.3 Å². The molecule has 0 radical (unpaired) electrons. The van der Waals surface area contributed by atoms with E-state index in [1.165, 1.54) is 12.0 Å². The number of aliphatic imine (C=N–C) groups is 2. The van der Waals surface area contributed by atoms with Crippen molar-refractivity contribution < 1.29 is 14.3 Å². The molecular weight excluding hydrogens is 440 g/mol. The Hall–Kier alpha value is -4.05. The Morgan fingerprint density at radius 2 is 1.91 bits per heavy atom. The van der Waals surface area contributed by atoms with Gasteiger partial charge in [-0.1, -0.05) is 29.8 Å². The molecule has 0 spiro atoms. The smallest absolute Gasteiger partial charge is 0.331 e. The first kappa shape index (κ1) is 22.2. The quantitative estimate of drug-likeness (QED) is 0.275. The molecular formula is C23H20N6O3S. The SMILES string of the molecule is COC(=O)C=C1SC(=NC(N)=Nc2nc(C)c3cc(C)ccc3n2)N(c2ccccc2)C1=O. The van der Waals surface area contributed by atoms with E-state index in [0.717, 1.165) is 40.0 Å². The van der Waals surface area contributed by atoms with Crippen LogP contribution < -0.4 is 10.6 Å². The number of hydrogen-bond donors (Lipinski definition) is 1. The summed E-state index contributed by atoms with van der Waals surface area (Å²) in [6.07, 6.45) is 1.12. The number of carbonyl (C=O) groups excluding carboxylic acids is 2. The van der Waals surface area contributed by atoms with E-state index >= 15 is 0 Å². The van der Waals surface area contributed by atoms with Crippen molar-refractivity contribution in [3.05, 3.63) is 70.8 Å². The number of amides is 1. The summed E-state index contributed by atoms with van der Waals surface area (Å²) in [5, 5.41) is 1.18. The molecule has 1 fully saturated rings. The third kappa shape index (κ3) is 4.75. The summed E-state index contributed by atoms with van der Waals surface area (Å²) in [5.41, 5.74) is 9.27. The zero-order valence-corrected chi connectivity index (χ0v) is 19.0. The van der Waals surface area contributed by atoms with Crippen LogP contribution in [0.25, 0.3) is 10.9 Å². The second-order valence-electron chi connectivity index (χ2n) is 7.10. The minimum absolute atomic E-state index is 0.128. The number of carbonyl (C=O) groups is 2. The lowest BCUT2D eigenvalue weighted by Crippen LogP contribution is -2.30. The van der Waals surface area contributed by atoms with Crippen LogP contribution in [0.5, 0.6) is 0 Å². The van der Waals surface area contributed by atoms with Crippen LogP contribution in [0.3, 0.4) is 0 Å². The fourth-order valence-corrected chi connectivity index (χ4v) is 4.12. The number of guanidine groups is 1. The summed E-state index contributed by atoms with van der Waals surface area (Å²) in [6, 6.07) is 14.8. The number of ether oxygens (including phenoxy) is 1. The maximum absolute atomic E-state index is 13.0. The van der Waals surface area contributed by atoms with E-state index in [4.69, 9.17) is 5.73 Å². The van der Waals surface area contributed by atoms with E-state index in [2.05, 4.69) is 24.7 Å². The molecule has 0 saturated carbocycles. The van der Waals surface area contributed by atoms with Crippen molar-refractivity contribution in [2.45, 2.75) is 13.8 Å². The highest BCUT2D eigenvalue weighted by Gasteiger charge is 2.35. The van der Waals surface area contributed by atoms with Gasteiger partial charge in [0.1, 0.15) is 0 Å². The molecule has 0 aliphatic carbocycles. The maximum Gasteiger partial charge on any atom is 0.331 e. The second-order valence-corrected chi connectivity index (χ2v) is 8.11. The van der Waals surface area contributed by atoms with E-state index in [1.807, 2.05) is 38.1 Å². The largest absolute Gasteiger partial charge is 0.466 e. The molecule has 166 valence electrons. The standard InChI is InChI=1S/C23H20N6O3S/c1-13-9-10-17-16(11-13)14(2)25-22(26-17)27-21(24)28-23-29(15-7-5-4-6-8-15)20(31)18(33-23)12-19(30)32-3/h4-12H,1-3H3,(H2,24,25,26,27). The molecule has 1 aliphatic heterocycles. The minimum Gasteiger partial charge on any atom is -0.466 e. The topological polar surface area (TPSA) is 123 Å². The van der Waals surface area contributed by atoms with Crippen molar-refractivity contribution in [1.29, 1.82) is 0 Å². The van der Waals surface area contributed by atoms with Gasteiger partial charge in [-0.15, -0.1) is 0 Å². The van der Waals surface area contributed by atoms with Crippen LogP contribution in [0.2, 0.25) is 0 Å². The number of rotatable bonds is 3. The Bertz CT molecular complexity index is 1350. The molecule has 33 heavy (non-hydrogen) atoms. The number of esters is 1. The van der Waals surface area contributed by atoms with Crippen molar-refractivity contribution >= 4 is 57.3 Å². The van der Waals surface area contributed by atoms with Gasteiger partial charge in [-0.25, -0.2) is 14.8 Å². The van der Waals surface area contributed by atoms with Gasteiger partial charge in [-0.05, 0) is 49.9 Å². The van der Waals surface area contributed by atoms with Gasteiger partial charge in [0.25, 0.3) is 11.9 Å². The maximum atomic E-state index is 13.0. The summed E-state index contributed by atoms with van der Waals surface area (Å²) in [6.45, 7) is 3.87. The van der Waals surface area contributed by atoms with Gasteiger partial charge in [-0.3, -0.25) is 9.69 Å². The van der Waals surface area contributed by atoms with E-state index in [9.17, 15) is 9.59 Å². The number of fused-ring (bicyclic) bond motifs is 1. The Morgan fingerprint density at radius 3 is 2.64 bits per heavy atom. The van der Waals surface area contributed by atoms with Crippen LogP contribution in [0.1, 0.15) is 11.3 Å². The van der Waals surface area contributed by atoms with Crippen molar-refractivity contribution in [1.82, 2.24) is 9.97 Å². The number of aryl methyl sites for hydroxylation is 2. The van der Waals surface area contributed by atoms with Gasteiger partial charge in [0, 0.05) is 11.5 Å². The third-order valence-electron chi connectivity index (χ3n) is 4.73. The molecule has 1 amide bonds. The number of thioether (sulfide) groups is 1. The number of hydrogen-bond acceptors (Lipinski definition) is 7. The lowest BCUT2D eigenvalue weighted by atomic mass is 10.1. The number of para-hydroxylation sites is 1. The van der Waals surface area contributed by atoms with Crippen LogP contribution in [-0.2, 0) is 14.3 Å². The molecule has 4 rings (SSSR count). The molecule has 1 aliphatic rings. The molecule has 3 aromatic rings. The summed E-state index contributed by atoms with van der Waals surface area (Å²) in [7, 11) is 1.24. The molecule has 2 aromatic carbocycles. The summed E-state index contributed by atoms with van der Waals surface area (Å²) in [5.74, 6) is -1.03. The fourth-order valence-electron chi connectivity index (χ4n) is 3.18. The first-order valence-electron chi connectivity index (χ1n) is 9.90. The predicted molar refractivity (Wildman–Crippen MR) is 129 cm³/mol. The minimum atomic E-state index is -0.642. The Balaban J connectivity index is 1.73. The molecule has 1 saturated heterocycles. The van der Waals surface area contributed by atoms with Crippen molar-refractivity contribution in [2.24, 2.45) is 15.7 Å². The van der Waals surface area contributed by atoms with Crippen LogP contribution >= 0.6 is 11.8 Å². The molecule has 2 heterocycles. The Labute approximate surface area is 194 Å². The lowest BCUT2D eigenvalue weighted by Gasteiger charge is -2.15. The molecule has 0 unspecified atom stereocenters. The summed E-state index contributed by atoms with van der Waals surface area (Å²) in [4.78, 5) is 43.6. The Kier molecular flexibility index (Phi) is 6.18. The first-order chi connectivity index (χ1) is 15.9. The highest BCUT2D eigenvalue weighted by molar-refractivity contribution is 8.19. The molecule has 10 heteroatoms. The van der Waals surface area contributed by atoms with Gasteiger partial charge in [0.05, 0.1) is 28.9 Å². The van der Waals surface area contributed by atoms with Crippen LogP contribution in [0, 0.1) is 13.8 Å². The number of anilines is 1. The van der Waals surface area contributed by atoms with Crippen molar-refractivity contribution in [3.63, 3.8) is 0 Å². The Morgan fingerprint density at radius 1 is 1.15 bits per heavy atom. The highest BCUT2D eigenvalue weighted by atomic mass is 32.2. The van der Waals surface area contributed by atoms with Gasteiger partial charge >= 0.3 is 5.97 Å². The fraction of sp³-hybridized carbons (Fsp3) is 0.130. The monoisotopic (exact) mass is 460 g/mol. The number of aromatic nitrogens is 2. The van der Waals surface area contributed by atoms with Crippen molar-refractivity contribution in [2.75, 3.05) is 12.0 Å². The van der Waals surface area contributed by atoms with Gasteiger partial charge in [0.15, 0.2) is 5.17 Å². The number of methoxy groups -OCH3 is 1. The zero-order chi connectivity index (χ0) is 23.5. The highest BCUT2D eigenvalue weighted by Crippen LogP contribution is 2.34. The van der Waals surface area contributed by atoms with Gasteiger partial charge < -0.3 is 10.5 Å². The average Bonchev–Trinajstić information content (AvgIpc) is 3.09. The van der Waals surface area contributed by atoms with Gasteiger partial charge in [0.2, 0.25) is 5.96 Å². The molecule has 0 bridgehead atoms. The van der Waals surface area contributed by atoms with Crippen molar-refractivity contribution in [3.8, 4) is 0 Å². The first-order valence-corrected chi connectivity index (χ1v) is 10.7. The normalized spacial score (nSPS) is 16.8. The number of amidine groups is 1. The molecule has 1 aromatic heterocycles. The zero-order valence-electron chi connectivity index (χ0n) is 18.1. The van der Waals surface area contributed by atoms with Crippen LogP contribution in [0.4, 0.5) is 11.6 Å². The van der Waals surface area contributed by atoms with E-state index in [-0.39, 0.29) is 22.0 Å². The summed E-state index contributed by atoms with van der Waals surface area (Å²) < 4.78 is 4.65.